The number of carbonyl (C=O) groups is 2. The second kappa shape index (κ2) is 10.6. The van der Waals surface area contributed by atoms with Gasteiger partial charge in [-0.3, -0.25) is 14.6 Å². The Kier molecular flexibility index (Phi) is 7.07. The van der Waals surface area contributed by atoms with Gasteiger partial charge in [-0.2, -0.15) is 5.10 Å². The molecule has 0 fully saturated rings. The van der Waals surface area contributed by atoms with Crippen molar-refractivity contribution in [3.63, 3.8) is 0 Å². The third-order valence-corrected chi connectivity index (χ3v) is 6.67. The van der Waals surface area contributed by atoms with Gasteiger partial charge in [0.05, 0.1) is 29.7 Å². The number of aromatic nitrogens is 3. The van der Waals surface area contributed by atoms with Crippen LogP contribution in [0.4, 0.5) is 4.39 Å². The van der Waals surface area contributed by atoms with Gasteiger partial charge in [0, 0.05) is 30.3 Å². The summed E-state index contributed by atoms with van der Waals surface area (Å²) < 4.78 is 15.3. The molecule has 192 valence electrons. The molecule has 2 amide bonds. The molecule has 0 aliphatic carbocycles. The monoisotopic (exact) mass is 529 g/mol. The number of pyridine rings is 1. The SMILES string of the molecule is CC(=O)N1CC(=Cc2ccc(F)cc2)c2c(c(C(=O)NC(C)c3ccccn3)nn2-c2ccc(Cl)cc2)C1. The van der Waals surface area contributed by atoms with Crippen molar-refractivity contribution >= 4 is 35.1 Å². The van der Waals surface area contributed by atoms with Gasteiger partial charge in [-0.25, -0.2) is 9.07 Å². The Morgan fingerprint density at radius 3 is 2.45 bits per heavy atom. The van der Waals surface area contributed by atoms with Gasteiger partial charge >= 0.3 is 0 Å². The molecule has 2 aromatic heterocycles. The van der Waals surface area contributed by atoms with Gasteiger partial charge in [0.25, 0.3) is 5.91 Å². The van der Waals surface area contributed by atoms with Gasteiger partial charge in [0.2, 0.25) is 5.91 Å². The summed E-state index contributed by atoms with van der Waals surface area (Å²) in [7, 11) is 0. The molecule has 1 N–H and O–H groups in total. The molecule has 4 aromatic rings. The molecule has 1 aliphatic heterocycles. The maximum absolute atomic E-state index is 13.6. The van der Waals surface area contributed by atoms with Gasteiger partial charge in [-0.1, -0.05) is 29.8 Å². The van der Waals surface area contributed by atoms with Gasteiger partial charge in [-0.05, 0) is 72.7 Å². The molecule has 38 heavy (non-hydrogen) atoms. The Bertz CT molecular complexity index is 1520. The van der Waals surface area contributed by atoms with E-state index in [0.717, 1.165) is 11.1 Å². The van der Waals surface area contributed by atoms with Crippen molar-refractivity contribution in [2.24, 2.45) is 0 Å². The van der Waals surface area contributed by atoms with Gasteiger partial charge in [0.1, 0.15) is 5.82 Å². The van der Waals surface area contributed by atoms with Crippen LogP contribution in [0.2, 0.25) is 5.02 Å². The molecular formula is C29H25ClFN5O2. The summed E-state index contributed by atoms with van der Waals surface area (Å²) in [6, 6.07) is 18.4. The van der Waals surface area contributed by atoms with Crippen molar-refractivity contribution < 1.29 is 14.0 Å². The van der Waals surface area contributed by atoms with Crippen molar-refractivity contribution in [1.29, 1.82) is 0 Å². The normalized spacial score (nSPS) is 14.7. The average Bonchev–Trinajstić information content (AvgIpc) is 3.31. The maximum atomic E-state index is 13.6. The number of fused-ring (bicyclic) bond motifs is 1. The second-order valence-corrected chi connectivity index (χ2v) is 9.55. The minimum atomic E-state index is -0.376. The zero-order valence-electron chi connectivity index (χ0n) is 20.9. The van der Waals surface area contributed by atoms with Crippen LogP contribution < -0.4 is 5.32 Å². The van der Waals surface area contributed by atoms with Crippen molar-refractivity contribution in [3.8, 4) is 5.69 Å². The number of carbonyl (C=O) groups excluding carboxylic acids is 2. The minimum Gasteiger partial charge on any atom is -0.343 e. The third-order valence-electron chi connectivity index (χ3n) is 6.42. The molecular weight excluding hydrogens is 505 g/mol. The summed E-state index contributed by atoms with van der Waals surface area (Å²) in [5.74, 6) is -0.846. The van der Waals surface area contributed by atoms with Crippen LogP contribution in [0.3, 0.4) is 0 Å². The molecule has 0 saturated carbocycles. The van der Waals surface area contributed by atoms with Gasteiger partial charge in [-0.15, -0.1) is 0 Å². The lowest BCUT2D eigenvalue weighted by atomic mass is 9.97. The Balaban J connectivity index is 1.65. The van der Waals surface area contributed by atoms with Crippen molar-refractivity contribution in [2.75, 3.05) is 6.54 Å². The van der Waals surface area contributed by atoms with Crippen LogP contribution in [-0.2, 0) is 11.3 Å². The van der Waals surface area contributed by atoms with E-state index in [1.807, 2.05) is 43.3 Å². The Hall–Kier alpha value is -4.30. The average molecular weight is 530 g/mol. The third kappa shape index (κ3) is 5.21. The van der Waals surface area contributed by atoms with Gasteiger partial charge < -0.3 is 10.2 Å². The predicted molar refractivity (Wildman–Crippen MR) is 144 cm³/mol. The predicted octanol–water partition coefficient (Wildman–Crippen LogP) is 5.45. The van der Waals surface area contributed by atoms with Crippen LogP contribution in [0.25, 0.3) is 17.3 Å². The highest BCUT2D eigenvalue weighted by atomic mass is 35.5. The van der Waals surface area contributed by atoms with E-state index in [4.69, 9.17) is 16.7 Å². The van der Waals surface area contributed by atoms with Crippen LogP contribution in [-0.4, -0.2) is 38.0 Å². The van der Waals surface area contributed by atoms with E-state index in [1.165, 1.54) is 19.1 Å². The Morgan fingerprint density at radius 2 is 1.79 bits per heavy atom. The van der Waals surface area contributed by atoms with Crippen LogP contribution in [0.5, 0.6) is 0 Å². The van der Waals surface area contributed by atoms with Crippen LogP contribution >= 0.6 is 11.6 Å². The number of benzene rings is 2. The summed E-state index contributed by atoms with van der Waals surface area (Å²) >= 11 is 6.13. The van der Waals surface area contributed by atoms with E-state index in [1.54, 1.807) is 40.0 Å². The first kappa shape index (κ1) is 25.4. The van der Waals surface area contributed by atoms with Crippen molar-refractivity contribution in [1.82, 2.24) is 25.0 Å². The molecule has 0 saturated heterocycles. The lowest BCUT2D eigenvalue weighted by molar-refractivity contribution is -0.128. The molecule has 0 bridgehead atoms. The fourth-order valence-electron chi connectivity index (χ4n) is 4.48. The highest BCUT2D eigenvalue weighted by molar-refractivity contribution is 6.30. The number of amides is 2. The fraction of sp³-hybridized carbons (Fsp3) is 0.172. The highest BCUT2D eigenvalue weighted by Gasteiger charge is 2.33. The smallest absolute Gasteiger partial charge is 0.272 e. The summed E-state index contributed by atoms with van der Waals surface area (Å²) in [5.41, 5.74) is 4.51. The first-order valence-electron chi connectivity index (χ1n) is 12.1. The maximum Gasteiger partial charge on any atom is 0.272 e. The van der Waals surface area contributed by atoms with Crippen LogP contribution in [0.15, 0.2) is 72.9 Å². The standard InChI is InChI=1S/C29H25ClFN5O2/c1-18(26-5-3-4-14-32-26)33-29(38)27-25-17-35(19(2)37)16-21(15-20-6-10-23(31)11-7-20)28(25)36(34-27)24-12-8-22(30)9-13-24/h3-15,18H,16-17H2,1-2H3,(H,33,38). The minimum absolute atomic E-state index is 0.131. The fourth-order valence-corrected chi connectivity index (χ4v) is 4.60. The van der Waals surface area contributed by atoms with E-state index in [-0.39, 0.29) is 35.9 Å². The summed E-state index contributed by atoms with van der Waals surface area (Å²) in [5, 5.41) is 8.30. The molecule has 7 nitrogen and oxygen atoms in total. The second-order valence-electron chi connectivity index (χ2n) is 9.11. The summed E-state index contributed by atoms with van der Waals surface area (Å²) in [6.07, 6.45) is 3.56. The molecule has 9 heteroatoms. The Morgan fingerprint density at radius 1 is 1.05 bits per heavy atom. The molecule has 0 radical (unpaired) electrons. The summed E-state index contributed by atoms with van der Waals surface area (Å²) in [4.78, 5) is 32.1. The van der Waals surface area contributed by atoms with E-state index in [2.05, 4.69) is 10.3 Å². The molecule has 0 spiro atoms. The van der Waals surface area contributed by atoms with Crippen LogP contribution in [0.1, 0.15) is 52.9 Å². The van der Waals surface area contributed by atoms with Crippen molar-refractivity contribution in [3.05, 3.63) is 112 Å². The van der Waals surface area contributed by atoms with E-state index in [9.17, 15) is 14.0 Å². The first-order chi connectivity index (χ1) is 18.3. The molecule has 1 atom stereocenters. The number of rotatable bonds is 5. The van der Waals surface area contributed by atoms with E-state index < -0.39 is 0 Å². The summed E-state index contributed by atoms with van der Waals surface area (Å²) in [6.45, 7) is 3.88. The quantitative estimate of drug-likeness (QED) is 0.372. The molecule has 1 aliphatic rings. The molecule has 2 aromatic carbocycles. The molecule has 5 rings (SSSR count). The number of hydrogen-bond acceptors (Lipinski definition) is 4. The zero-order chi connectivity index (χ0) is 26.8. The Labute approximate surface area is 224 Å². The number of hydrogen-bond donors (Lipinski definition) is 1. The number of nitrogens with zero attached hydrogens (tertiary/aromatic N) is 4. The van der Waals surface area contributed by atoms with Gasteiger partial charge in [0.15, 0.2) is 5.69 Å². The lowest BCUT2D eigenvalue weighted by Gasteiger charge is -2.29. The largest absolute Gasteiger partial charge is 0.343 e. The molecule has 1 unspecified atom stereocenters. The number of halogens is 2. The molecule has 3 heterocycles. The zero-order valence-corrected chi connectivity index (χ0v) is 21.6. The van der Waals surface area contributed by atoms with E-state index in [0.29, 0.717) is 34.2 Å². The highest BCUT2D eigenvalue weighted by Crippen LogP contribution is 2.34. The van der Waals surface area contributed by atoms with Crippen LogP contribution in [0, 0.1) is 5.82 Å². The lowest BCUT2D eigenvalue weighted by Crippen LogP contribution is -2.35. The first-order valence-corrected chi connectivity index (χ1v) is 12.5. The number of nitrogens with one attached hydrogen (secondary N) is 1. The topological polar surface area (TPSA) is 80.1 Å². The van der Waals surface area contributed by atoms with Crippen molar-refractivity contribution in [2.45, 2.75) is 26.4 Å². The van der Waals surface area contributed by atoms with E-state index >= 15 is 0 Å².